The summed E-state index contributed by atoms with van der Waals surface area (Å²) in [6.45, 7) is 9.19. The van der Waals surface area contributed by atoms with E-state index in [0.29, 0.717) is 5.41 Å². The molecule has 1 aromatic rings. The Labute approximate surface area is 116 Å². The van der Waals surface area contributed by atoms with Crippen LogP contribution in [0.3, 0.4) is 0 Å². The molecule has 0 amide bonds. The molecule has 106 valence electrons. The predicted molar refractivity (Wildman–Crippen MR) is 81.8 cm³/mol. The molecule has 1 aliphatic rings. The summed E-state index contributed by atoms with van der Waals surface area (Å²) in [5.74, 6) is 1.68. The first-order valence-electron chi connectivity index (χ1n) is 7.10. The highest BCUT2D eigenvalue weighted by Crippen LogP contribution is 2.37. The summed E-state index contributed by atoms with van der Waals surface area (Å²) < 4.78 is 5.29. The zero-order valence-electron chi connectivity index (χ0n) is 12.6. The van der Waals surface area contributed by atoms with Gasteiger partial charge in [0.1, 0.15) is 5.75 Å². The highest BCUT2D eigenvalue weighted by atomic mass is 16.5. The molecule has 0 aliphatic carbocycles. The highest BCUT2D eigenvalue weighted by molar-refractivity contribution is 5.69. The van der Waals surface area contributed by atoms with Crippen LogP contribution in [0.2, 0.25) is 0 Å². The SMILES string of the molecule is COc1ccc(N)c(N2CCC(C(C)(C)C)CC2)c1. The monoisotopic (exact) mass is 262 g/mol. The molecule has 0 bridgehead atoms. The van der Waals surface area contributed by atoms with Crippen LogP contribution in [0.15, 0.2) is 18.2 Å². The zero-order valence-corrected chi connectivity index (χ0v) is 12.6. The van der Waals surface area contributed by atoms with E-state index in [0.717, 1.165) is 36.1 Å². The van der Waals surface area contributed by atoms with Gasteiger partial charge in [0.15, 0.2) is 0 Å². The highest BCUT2D eigenvalue weighted by Gasteiger charge is 2.29. The molecule has 3 heteroatoms. The first-order valence-corrected chi connectivity index (χ1v) is 7.10. The van der Waals surface area contributed by atoms with E-state index in [-0.39, 0.29) is 0 Å². The van der Waals surface area contributed by atoms with E-state index in [1.54, 1.807) is 7.11 Å². The second kappa shape index (κ2) is 5.32. The van der Waals surface area contributed by atoms with Gasteiger partial charge in [-0.3, -0.25) is 0 Å². The molecule has 3 nitrogen and oxygen atoms in total. The maximum atomic E-state index is 6.10. The van der Waals surface area contributed by atoms with Crippen LogP contribution in [-0.2, 0) is 0 Å². The minimum Gasteiger partial charge on any atom is -0.497 e. The summed E-state index contributed by atoms with van der Waals surface area (Å²) in [5.41, 5.74) is 8.47. The van der Waals surface area contributed by atoms with E-state index in [2.05, 4.69) is 25.7 Å². The average molecular weight is 262 g/mol. The van der Waals surface area contributed by atoms with Crippen molar-refractivity contribution in [1.29, 1.82) is 0 Å². The lowest BCUT2D eigenvalue weighted by Crippen LogP contribution is -2.38. The van der Waals surface area contributed by atoms with Crippen LogP contribution >= 0.6 is 0 Å². The van der Waals surface area contributed by atoms with Crippen molar-refractivity contribution in [2.24, 2.45) is 11.3 Å². The molecule has 0 unspecified atom stereocenters. The fourth-order valence-electron chi connectivity index (χ4n) is 2.91. The van der Waals surface area contributed by atoms with Gasteiger partial charge in [-0.1, -0.05) is 20.8 Å². The Balaban J connectivity index is 2.09. The van der Waals surface area contributed by atoms with Crippen molar-refractivity contribution in [2.75, 3.05) is 30.8 Å². The maximum Gasteiger partial charge on any atom is 0.121 e. The van der Waals surface area contributed by atoms with Crippen molar-refractivity contribution in [3.8, 4) is 5.75 Å². The minimum atomic E-state index is 0.409. The number of hydrogen-bond acceptors (Lipinski definition) is 3. The van der Waals surface area contributed by atoms with Gasteiger partial charge >= 0.3 is 0 Å². The van der Waals surface area contributed by atoms with Crippen molar-refractivity contribution in [3.05, 3.63) is 18.2 Å². The lowest BCUT2D eigenvalue weighted by molar-refractivity contribution is 0.199. The van der Waals surface area contributed by atoms with E-state index < -0.39 is 0 Å². The summed E-state index contributed by atoms with van der Waals surface area (Å²) in [4.78, 5) is 2.39. The smallest absolute Gasteiger partial charge is 0.121 e. The van der Waals surface area contributed by atoms with Gasteiger partial charge in [-0.25, -0.2) is 0 Å². The number of benzene rings is 1. The molecule has 1 aromatic carbocycles. The molecule has 0 radical (unpaired) electrons. The third kappa shape index (κ3) is 3.14. The van der Waals surface area contributed by atoms with Gasteiger partial charge in [-0.15, -0.1) is 0 Å². The number of methoxy groups -OCH3 is 1. The Morgan fingerprint density at radius 3 is 2.37 bits per heavy atom. The normalized spacial score (nSPS) is 17.6. The summed E-state index contributed by atoms with van der Waals surface area (Å²) >= 11 is 0. The first-order chi connectivity index (χ1) is 8.91. The number of nitrogens with two attached hydrogens (primary N) is 1. The van der Waals surface area contributed by atoms with Gasteiger partial charge < -0.3 is 15.4 Å². The van der Waals surface area contributed by atoms with Crippen LogP contribution in [0, 0.1) is 11.3 Å². The van der Waals surface area contributed by atoms with Crippen molar-refractivity contribution in [1.82, 2.24) is 0 Å². The molecular formula is C16H26N2O. The van der Waals surface area contributed by atoms with Crippen molar-refractivity contribution < 1.29 is 4.74 Å². The summed E-state index contributed by atoms with van der Waals surface area (Å²) in [6.07, 6.45) is 2.47. The van der Waals surface area contributed by atoms with Crippen LogP contribution in [-0.4, -0.2) is 20.2 Å². The summed E-state index contributed by atoms with van der Waals surface area (Å²) in [6, 6.07) is 5.90. The summed E-state index contributed by atoms with van der Waals surface area (Å²) in [5, 5.41) is 0. The molecule has 1 saturated heterocycles. The fourth-order valence-corrected chi connectivity index (χ4v) is 2.91. The van der Waals surface area contributed by atoms with E-state index in [1.165, 1.54) is 12.8 Å². The van der Waals surface area contributed by atoms with Gasteiger partial charge in [-0.05, 0) is 36.3 Å². The maximum absolute atomic E-state index is 6.10. The third-order valence-corrected chi connectivity index (χ3v) is 4.30. The molecule has 0 spiro atoms. The average Bonchev–Trinajstić information content (AvgIpc) is 2.38. The molecule has 0 saturated carbocycles. The van der Waals surface area contributed by atoms with Gasteiger partial charge in [-0.2, -0.15) is 0 Å². The number of nitrogens with zero attached hydrogens (tertiary/aromatic N) is 1. The van der Waals surface area contributed by atoms with Crippen molar-refractivity contribution >= 4 is 11.4 Å². The third-order valence-electron chi connectivity index (χ3n) is 4.30. The minimum absolute atomic E-state index is 0.409. The van der Waals surface area contributed by atoms with Crippen LogP contribution in [0.4, 0.5) is 11.4 Å². The van der Waals surface area contributed by atoms with E-state index >= 15 is 0 Å². The number of anilines is 2. The Morgan fingerprint density at radius 2 is 1.84 bits per heavy atom. The second-order valence-electron chi connectivity index (χ2n) is 6.55. The van der Waals surface area contributed by atoms with Crippen LogP contribution in [0.5, 0.6) is 5.75 Å². The lowest BCUT2D eigenvalue weighted by atomic mass is 9.75. The van der Waals surface area contributed by atoms with E-state index in [1.807, 2.05) is 18.2 Å². The Bertz CT molecular complexity index is 429. The molecule has 2 N–H and O–H groups in total. The molecule has 0 atom stereocenters. The molecule has 1 fully saturated rings. The lowest BCUT2D eigenvalue weighted by Gasteiger charge is -2.40. The molecule has 19 heavy (non-hydrogen) atoms. The van der Waals surface area contributed by atoms with Crippen molar-refractivity contribution in [2.45, 2.75) is 33.6 Å². The Kier molecular flexibility index (Phi) is 3.93. The van der Waals surface area contributed by atoms with Crippen LogP contribution in [0.1, 0.15) is 33.6 Å². The van der Waals surface area contributed by atoms with Gasteiger partial charge in [0.05, 0.1) is 18.5 Å². The predicted octanol–water partition coefficient (Wildman–Crippen LogP) is 3.54. The molecular weight excluding hydrogens is 236 g/mol. The largest absolute Gasteiger partial charge is 0.497 e. The molecule has 1 heterocycles. The van der Waals surface area contributed by atoms with Gasteiger partial charge in [0.25, 0.3) is 0 Å². The van der Waals surface area contributed by atoms with Crippen LogP contribution < -0.4 is 15.4 Å². The standard InChI is InChI=1S/C16H26N2O/c1-16(2,3)12-7-9-18(10-8-12)15-11-13(19-4)5-6-14(15)17/h5-6,11-12H,7-10,17H2,1-4H3. The van der Waals surface area contributed by atoms with Gasteiger partial charge in [0, 0.05) is 19.2 Å². The van der Waals surface area contributed by atoms with Crippen molar-refractivity contribution in [3.63, 3.8) is 0 Å². The van der Waals surface area contributed by atoms with Gasteiger partial charge in [0.2, 0.25) is 0 Å². The number of nitrogen functional groups attached to an aromatic ring is 1. The molecule has 0 aromatic heterocycles. The topological polar surface area (TPSA) is 38.5 Å². The Morgan fingerprint density at radius 1 is 1.21 bits per heavy atom. The number of ether oxygens (including phenoxy) is 1. The van der Waals surface area contributed by atoms with E-state index in [4.69, 9.17) is 10.5 Å². The number of hydrogen-bond donors (Lipinski definition) is 1. The number of piperidine rings is 1. The molecule has 1 aliphatic heterocycles. The zero-order chi connectivity index (χ0) is 14.0. The van der Waals surface area contributed by atoms with E-state index in [9.17, 15) is 0 Å². The quantitative estimate of drug-likeness (QED) is 0.828. The first kappa shape index (κ1) is 14.0. The Hall–Kier alpha value is -1.38. The molecule has 2 rings (SSSR count). The summed E-state index contributed by atoms with van der Waals surface area (Å²) in [7, 11) is 1.70. The second-order valence-corrected chi connectivity index (χ2v) is 6.55. The van der Waals surface area contributed by atoms with Crippen LogP contribution in [0.25, 0.3) is 0 Å². The number of rotatable bonds is 2. The fraction of sp³-hybridized carbons (Fsp3) is 0.625.